The third-order valence-corrected chi connectivity index (χ3v) is 7.76. The molecule has 2 fully saturated rings. The van der Waals surface area contributed by atoms with Gasteiger partial charge in [-0.05, 0) is 63.4 Å². The molecule has 0 saturated carbocycles. The van der Waals surface area contributed by atoms with Crippen LogP contribution >= 0.6 is 7.82 Å². The monoisotopic (exact) mass is 541 g/mol. The first-order chi connectivity index (χ1) is 17.4. The summed E-state index contributed by atoms with van der Waals surface area (Å²) in [7, 11) is -4.23. The van der Waals surface area contributed by atoms with Gasteiger partial charge in [-0.2, -0.15) is 13.8 Å². The number of amides is 1. The van der Waals surface area contributed by atoms with Gasteiger partial charge in [0.2, 0.25) is 6.23 Å². The highest BCUT2D eigenvalue weighted by atomic mass is 31.2. The molecule has 4 heterocycles. The first-order valence-electron chi connectivity index (χ1n) is 11.8. The number of benzene rings is 1. The minimum Gasteiger partial charge on any atom is -0.490 e. The van der Waals surface area contributed by atoms with Gasteiger partial charge in [-0.1, -0.05) is 0 Å². The molecule has 0 radical (unpaired) electrons. The molecule has 5 atom stereocenters. The number of nitrogens with one attached hydrogen (secondary N) is 1. The normalized spacial score (nSPS) is 30.3. The Hall–Kier alpha value is -2.70. The number of phosphoric acid groups is 1. The summed E-state index contributed by atoms with van der Waals surface area (Å²) in [6, 6.07) is 6.21. The summed E-state index contributed by atoms with van der Waals surface area (Å²) in [6.07, 6.45) is -3.22. The van der Waals surface area contributed by atoms with Crippen LogP contribution in [0, 0.1) is 0 Å². The lowest BCUT2D eigenvalue weighted by molar-refractivity contribution is -0.139. The molecular weight excluding hydrogens is 515 g/mol. The van der Waals surface area contributed by atoms with Gasteiger partial charge in [-0.3, -0.25) is 22.9 Å². The van der Waals surface area contributed by atoms with E-state index in [2.05, 4.69) is 10.3 Å². The molecular formula is C23H26F2N3O8P. The van der Waals surface area contributed by atoms with Crippen molar-refractivity contribution in [3.63, 3.8) is 0 Å². The number of hydrogen-bond acceptors (Lipinski definition) is 9. The van der Waals surface area contributed by atoms with Crippen LogP contribution in [0.3, 0.4) is 0 Å². The Morgan fingerprint density at radius 2 is 2.11 bits per heavy atom. The van der Waals surface area contributed by atoms with E-state index >= 15 is 8.78 Å². The van der Waals surface area contributed by atoms with Crippen molar-refractivity contribution in [2.24, 2.45) is 0 Å². The molecule has 200 valence electrons. The van der Waals surface area contributed by atoms with E-state index in [1.807, 2.05) is 6.92 Å². The van der Waals surface area contributed by atoms with Crippen LogP contribution in [0.4, 0.5) is 14.6 Å². The van der Waals surface area contributed by atoms with E-state index in [1.165, 1.54) is 6.07 Å². The van der Waals surface area contributed by atoms with Gasteiger partial charge in [0, 0.05) is 11.8 Å². The van der Waals surface area contributed by atoms with Crippen molar-refractivity contribution in [3.8, 4) is 5.75 Å². The first-order valence-corrected chi connectivity index (χ1v) is 13.3. The number of phosphoric ester groups is 1. The lowest BCUT2D eigenvalue weighted by Crippen LogP contribution is -2.45. The third-order valence-electron chi connectivity index (χ3n) is 6.12. The number of hydrogen-bond donors (Lipinski definition) is 1. The van der Waals surface area contributed by atoms with Crippen LogP contribution in [0.5, 0.6) is 5.75 Å². The van der Waals surface area contributed by atoms with Gasteiger partial charge < -0.3 is 14.8 Å². The number of alkyl halides is 2. The number of aryl methyl sites for hydroxylation is 1. The minimum atomic E-state index is -4.23. The molecule has 1 N–H and O–H groups in total. The van der Waals surface area contributed by atoms with Crippen LogP contribution in [0.1, 0.15) is 49.3 Å². The van der Waals surface area contributed by atoms with Gasteiger partial charge in [0.1, 0.15) is 17.7 Å². The number of halogens is 2. The second-order valence-corrected chi connectivity index (χ2v) is 10.9. The number of fused-ring (bicyclic) bond motifs is 2. The highest BCUT2D eigenvalue weighted by Crippen LogP contribution is 2.60. The van der Waals surface area contributed by atoms with Crippen LogP contribution in [0.15, 0.2) is 35.3 Å². The Kier molecular flexibility index (Phi) is 6.70. The van der Waals surface area contributed by atoms with E-state index in [0.717, 1.165) is 30.4 Å². The second-order valence-electron chi connectivity index (χ2n) is 9.37. The predicted octanol–water partition coefficient (Wildman–Crippen LogP) is 3.69. The Morgan fingerprint density at radius 1 is 1.32 bits per heavy atom. The summed E-state index contributed by atoms with van der Waals surface area (Å²) in [5.74, 6) is -3.69. The molecule has 14 heteroatoms. The Balaban J connectivity index is 1.31. The van der Waals surface area contributed by atoms with Gasteiger partial charge in [-0.15, -0.1) is 0 Å². The highest BCUT2D eigenvalue weighted by molar-refractivity contribution is 7.48. The van der Waals surface area contributed by atoms with E-state index in [0.29, 0.717) is 10.1 Å². The number of carbonyl (C=O) groups excluding carboxylic acids is 1. The maximum absolute atomic E-state index is 15.2. The van der Waals surface area contributed by atoms with Gasteiger partial charge in [0.05, 0.1) is 18.8 Å². The lowest BCUT2D eigenvalue weighted by Gasteiger charge is -2.32. The van der Waals surface area contributed by atoms with Crippen LogP contribution in [0.2, 0.25) is 0 Å². The Labute approximate surface area is 210 Å². The van der Waals surface area contributed by atoms with Crippen LogP contribution < -0.4 is 15.7 Å². The van der Waals surface area contributed by atoms with E-state index < -0.39 is 56.5 Å². The Morgan fingerprint density at radius 3 is 2.84 bits per heavy atom. The summed E-state index contributed by atoms with van der Waals surface area (Å²) in [5.41, 5.74) is 0.144. The van der Waals surface area contributed by atoms with E-state index in [-0.39, 0.29) is 11.9 Å². The van der Waals surface area contributed by atoms with Crippen molar-refractivity contribution >= 4 is 19.5 Å². The van der Waals surface area contributed by atoms with Gasteiger partial charge in [0.15, 0.2) is 6.10 Å². The van der Waals surface area contributed by atoms with Crippen molar-refractivity contribution in [1.82, 2.24) is 9.55 Å². The van der Waals surface area contributed by atoms with Crippen molar-refractivity contribution in [3.05, 3.63) is 52.1 Å². The number of anilines is 1. The fourth-order valence-corrected chi connectivity index (χ4v) is 5.97. The standard InChI is InChI=1S/C23H26F2N3O8P/c1-12(2)35-37(31)32-11-17-19(36-37)23(24,25)21(34-17)28-9-8-18(27-22(28)30)26-20(29)15-6-7-16-14(10-15)5-4-13(3)33-16/h6-10,12-13,17,19,21H,4-5,11H2,1-3H3,(H,26,27,29,30)/t13?,17-,19-,21?,37?/m1/s1. The summed E-state index contributed by atoms with van der Waals surface area (Å²) in [4.78, 5) is 29.1. The molecule has 0 bridgehead atoms. The number of aromatic nitrogens is 2. The zero-order chi connectivity index (χ0) is 26.5. The van der Waals surface area contributed by atoms with E-state index in [9.17, 15) is 14.2 Å². The molecule has 0 spiro atoms. The summed E-state index contributed by atoms with van der Waals surface area (Å²) in [6.45, 7) is 4.60. The van der Waals surface area contributed by atoms with Crippen molar-refractivity contribution in [2.45, 2.75) is 70.2 Å². The largest absolute Gasteiger partial charge is 0.490 e. The number of nitrogens with zero attached hydrogens (tertiary/aromatic N) is 2. The molecule has 3 aliphatic rings. The lowest BCUT2D eigenvalue weighted by atomic mass is 10.0. The van der Waals surface area contributed by atoms with Crippen LogP contribution in [-0.4, -0.2) is 52.4 Å². The van der Waals surface area contributed by atoms with Crippen molar-refractivity contribution in [1.29, 1.82) is 0 Å². The molecule has 3 aliphatic heterocycles. The van der Waals surface area contributed by atoms with Crippen molar-refractivity contribution < 1.29 is 41.2 Å². The van der Waals surface area contributed by atoms with Gasteiger partial charge in [-0.25, -0.2) is 9.36 Å². The molecule has 5 rings (SSSR count). The molecule has 37 heavy (non-hydrogen) atoms. The zero-order valence-corrected chi connectivity index (χ0v) is 21.2. The Bertz CT molecular complexity index is 1320. The van der Waals surface area contributed by atoms with Crippen molar-refractivity contribution in [2.75, 3.05) is 11.9 Å². The fraction of sp³-hybridized carbons (Fsp3) is 0.522. The SMILES string of the molecule is CC(C)OP1(=O)OC[C@H]2OC(n3ccc(NC(=O)c4ccc5c(c4)CCC(C)O5)nc3=O)C(F)(F)[C@@H]2O1. The number of carbonyl (C=O) groups is 1. The molecule has 1 aromatic heterocycles. The second kappa shape index (κ2) is 9.55. The summed E-state index contributed by atoms with van der Waals surface area (Å²) < 4.78 is 69.8. The summed E-state index contributed by atoms with van der Waals surface area (Å²) in [5, 5.41) is 2.50. The molecule has 2 aromatic rings. The van der Waals surface area contributed by atoms with E-state index in [4.69, 9.17) is 23.0 Å². The maximum atomic E-state index is 15.2. The maximum Gasteiger partial charge on any atom is 0.475 e. The zero-order valence-electron chi connectivity index (χ0n) is 20.3. The van der Waals surface area contributed by atoms with E-state index in [1.54, 1.807) is 32.0 Å². The predicted molar refractivity (Wildman–Crippen MR) is 125 cm³/mol. The average molecular weight is 541 g/mol. The fourth-order valence-electron chi connectivity index (χ4n) is 4.39. The van der Waals surface area contributed by atoms with Crippen LogP contribution in [-0.2, 0) is 29.3 Å². The average Bonchev–Trinajstić information content (AvgIpc) is 3.07. The first kappa shape index (κ1) is 25.9. The molecule has 2 saturated heterocycles. The smallest absolute Gasteiger partial charge is 0.475 e. The molecule has 1 aromatic carbocycles. The number of rotatable bonds is 5. The van der Waals surface area contributed by atoms with Gasteiger partial charge in [0.25, 0.3) is 5.91 Å². The molecule has 3 unspecified atom stereocenters. The van der Waals surface area contributed by atoms with Gasteiger partial charge >= 0.3 is 19.4 Å². The number of ether oxygens (including phenoxy) is 2. The quantitative estimate of drug-likeness (QED) is 0.564. The highest BCUT2D eigenvalue weighted by Gasteiger charge is 2.65. The summed E-state index contributed by atoms with van der Waals surface area (Å²) >= 11 is 0. The molecule has 11 nitrogen and oxygen atoms in total. The molecule has 0 aliphatic carbocycles. The molecule has 1 amide bonds. The topological polar surface area (TPSA) is 127 Å². The third kappa shape index (κ3) is 5.06. The van der Waals surface area contributed by atoms with Crippen LogP contribution in [0.25, 0.3) is 0 Å². The minimum absolute atomic E-state index is 0.0972.